The Morgan fingerprint density at radius 1 is 1.02 bits per heavy atom. The minimum absolute atomic E-state index is 0.00908. The summed E-state index contributed by atoms with van der Waals surface area (Å²) in [4.78, 5) is 53.1. The van der Waals surface area contributed by atoms with Crippen molar-refractivity contribution in [3.05, 3.63) is 60.2 Å². The van der Waals surface area contributed by atoms with Crippen LogP contribution in [0.2, 0.25) is 0 Å². The Balaban J connectivity index is 1.10. The molecule has 1 N–H and O–H groups in total. The van der Waals surface area contributed by atoms with Gasteiger partial charge in [-0.15, -0.1) is 11.8 Å². The number of nitrogens with one attached hydrogen (secondary N) is 1. The highest BCUT2D eigenvalue weighted by Crippen LogP contribution is 2.33. The van der Waals surface area contributed by atoms with E-state index in [4.69, 9.17) is 5.10 Å². The molecule has 5 heterocycles. The van der Waals surface area contributed by atoms with Crippen LogP contribution in [0.3, 0.4) is 0 Å². The van der Waals surface area contributed by atoms with Gasteiger partial charge in [-0.05, 0) is 69.8 Å². The molecule has 3 amide bonds. The third kappa shape index (κ3) is 7.71. The molecule has 48 heavy (non-hydrogen) atoms. The van der Waals surface area contributed by atoms with Crippen LogP contribution in [0.4, 0.5) is 5.69 Å². The monoisotopic (exact) mass is 672 g/mol. The van der Waals surface area contributed by atoms with Crippen molar-refractivity contribution in [3.8, 4) is 11.3 Å². The lowest BCUT2D eigenvalue weighted by atomic mass is 9.96. The predicted octanol–water partition coefficient (Wildman–Crippen LogP) is 2.82. The summed E-state index contributed by atoms with van der Waals surface area (Å²) in [5.74, 6) is 0.378. The maximum absolute atomic E-state index is 13.5. The van der Waals surface area contributed by atoms with E-state index in [1.807, 2.05) is 48.0 Å². The lowest BCUT2D eigenvalue weighted by molar-refractivity contribution is -0.133. The second-order valence-electron chi connectivity index (χ2n) is 12.9. The molecule has 0 radical (unpaired) electrons. The molecule has 3 aromatic heterocycles. The Kier molecular flexibility index (Phi) is 10.4. The van der Waals surface area contributed by atoms with Crippen molar-refractivity contribution >= 4 is 40.8 Å². The van der Waals surface area contributed by atoms with Crippen LogP contribution in [0.15, 0.2) is 53.9 Å². The molecule has 2 aliphatic heterocycles. The molecule has 0 unspecified atom stereocenters. The molecule has 2 fully saturated rings. The smallest absolute Gasteiger partial charge is 0.261 e. The number of hydrogen-bond donors (Lipinski definition) is 1. The number of piperidine rings is 1. The Morgan fingerprint density at radius 2 is 1.77 bits per heavy atom. The molecule has 1 aromatic carbocycles. The summed E-state index contributed by atoms with van der Waals surface area (Å²) in [7, 11) is 3.84. The fourth-order valence-electron chi connectivity index (χ4n) is 6.47. The number of fused-ring (bicyclic) bond motifs is 1. The average Bonchev–Trinajstić information content (AvgIpc) is 3.69. The Bertz CT molecular complexity index is 1770. The highest BCUT2D eigenvalue weighted by molar-refractivity contribution is 7.98. The molecule has 4 aromatic rings. The first kappa shape index (κ1) is 33.6. The zero-order chi connectivity index (χ0) is 33.8. The van der Waals surface area contributed by atoms with Crippen LogP contribution in [-0.2, 0) is 16.1 Å². The zero-order valence-electron chi connectivity index (χ0n) is 28.1. The predicted molar refractivity (Wildman–Crippen MR) is 186 cm³/mol. The summed E-state index contributed by atoms with van der Waals surface area (Å²) < 4.78 is 3.19. The van der Waals surface area contributed by atoms with Gasteiger partial charge >= 0.3 is 0 Å². The van der Waals surface area contributed by atoms with E-state index < -0.39 is 0 Å². The lowest BCUT2D eigenvalue weighted by Gasteiger charge is -2.39. The number of rotatable bonds is 10. The topological polar surface area (TPSA) is 124 Å². The summed E-state index contributed by atoms with van der Waals surface area (Å²) in [6.07, 6.45) is 10.5. The average molecular weight is 673 g/mol. The van der Waals surface area contributed by atoms with Crippen LogP contribution in [0.1, 0.15) is 28.8 Å². The number of nitrogens with zero attached hydrogens (tertiary/aromatic N) is 9. The summed E-state index contributed by atoms with van der Waals surface area (Å²) in [6.45, 7) is 8.30. The number of carbonyl (C=O) groups is 3. The summed E-state index contributed by atoms with van der Waals surface area (Å²) in [5.41, 5.74) is 3.84. The zero-order valence-corrected chi connectivity index (χ0v) is 28.9. The Labute approximate surface area is 285 Å². The van der Waals surface area contributed by atoms with Crippen molar-refractivity contribution < 1.29 is 14.4 Å². The second kappa shape index (κ2) is 14.9. The van der Waals surface area contributed by atoms with Gasteiger partial charge in [0.05, 0.1) is 18.4 Å². The van der Waals surface area contributed by atoms with Gasteiger partial charge in [0.15, 0.2) is 5.65 Å². The quantitative estimate of drug-likeness (QED) is 0.254. The number of amides is 3. The normalized spacial score (nSPS) is 16.2. The van der Waals surface area contributed by atoms with Gasteiger partial charge in [-0.1, -0.05) is 6.07 Å². The molecule has 0 saturated carbocycles. The second-order valence-corrected chi connectivity index (χ2v) is 13.8. The molecule has 13 nitrogen and oxygen atoms in total. The number of aryl methyl sites for hydroxylation is 1. The van der Waals surface area contributed by atoms with E-state index in [1.54, 1.807) is 45.6 Å². The third-order valence-corrected chi connectivity index (χ3v) is 9.92. The molecule has 0 bridgehead atoms. The first-order valence-electron chi connectivity index (χ1n) is 16.4. The van der Waals surface area contributed by atoms with E-state index in [-0.39, 0.29) is 24.3 Å². The van der Waals surface area contributed by atoms with E-state index in [0.29, 0.717) is 48.1 Å². The maximum atomic E-state index is 13.5. The van der Waals surface area contributed by atoms with E-state index in [1.165, 1.54) is 6.20 Å². The Morgan fingerprint density at radius 3 is 2.50 bits per heavy atom. The highest BCUT2D eigenvalue weighted by atomic mass is 32.2. The standard InChI is InChI=1S/C34H44N10O3S/c1-24-6-7-26(48-4)18-27(24)32-29(37-34(47)28-19-36-44-11-5-10-35-33(28)44)21-43(38-32)23-31(46)41-12-8-25(9-13-41)20-40-14-16-42(17-15-40)30(45)22-39(2)3/h5-7,10-11,18-19,21,25H,8-9,12-17,20,22-23H2,1-4H3,(H,37,47). The van der Waals surface area contributed by atoms with Gasteiger partial charge in [0.1, 0.15) is 17.8 Å². The van der Waals surface area contributed by atoms with E-state index >= 15 is 0 Å². The van der Waals surface area contributed by atoms with Crippen molar-refractivity contribution in [1.29, 1.82) is 0 Å². The fourth-order valence-corrected chi connectivity index (χ4v) is 6.91. The minimum Gasteiger partial charge on any atom is -0.341 e. The van der Waals surface area contributed by atoms with E-state index in [2.05, 4.69) is 32.4 Å². The van der Waals surface area contributed by atoms with Crippen molar-refractivity contribution in [1.82, 2.24) is 44.0 Å². The molecule has 2 saturated heterocycles. The van der Waals surface area contributed by atoms with Crippen molar-refractivity contribution in [3.63, 3.8) is 0 Å². The number of hydrogen-bond acceptors (Lipinski definition) is 9. The van der Waals surface area contributed by atoms with Crippen molar-refractivity contribution in [2.75, 3.05) is 78.0 Å². The van der Waals surface area contributed by atoms with Gasteiger partial charge in [0.2, 0.25) is 11.8 Å². The van der Waals surface area contributed by atoms with Gasteiger partial charge < -0.3 is 20.0 Å². The molecule has 0 atom stereocenters. The SMILES string of the molecule is CSc1ccc(C)c(-c2nn(CC(=O)N3CCC(CN4CCN(C(=O)CN(C)C)CC4)CC3)cc2NC(=O)c2cnn3cccnc23)c1. The fraction of sp³-hybridized carbons (Fsp3) is 0.471. The number of anilines is 1. The number of carbonyl (C=O) groups excluding carboxylic acids is 3. The van der Waals surface area contributed by atoms with E-state index in [9.17, 15) is 14.4 Å². The number of aromatic nitrogens is 5. The van der Waals surface area contributed by atoms with Gasteiger partial charge in [-0.25, -0.2) is 9.50 Å². The molecule has 0 spiro atoms. The van der Waals surface area contributed by atoms with Crippen LogP contribution in [0.25, 0.3) is 16.9 Å². The summed E-state index contributed by atoms with van der Waals surface area (Å²) in [6, 6.07) is 7.92. The third-order valence-electron chi connectivity index (χ3n) is 9.19. The van der Waals surface area contributed by atoms with Crippen LogP contribution in [0.5, 0.6) is 0 Å². The van der Waals surface area contributed by atoms with Gasteiger partial charge in [0.25, 0.3) is 5.91 Å². The van der Waals surface area contributed by atoms with Crippen LogP contribution in [0, 0.1) is 12.8 Å². The lowest BCUT2D eigenvalue weighted by Crippen LogP contribution is -2.52. The largest absolute Gasteiger partial charge is 0.341 e. The minimum atomic E-state index is -0.349. The van der Waals surface area contributed by atoms with Crippen molar-refractivity contribution in [2.24, 2.45) is 5.92 Å². The molecule has 6 rings (SSSR count). The molecule has 14 heteroatoms. The number of thioether (sulfide) groups is 1. The number of likely N-dealkylation sites (tertiary alicyclic amines) is 1. The maximum Gasteiger partial charge on any atom is 0.261 e. The highest BCUT2D eigenvalue weighted by Gasteiger charge is 2.28. The van der Waals surface area contributed by atoms with Gasteiger partial charge in [0, 0.05) is 74.9 Å². The van der Waals surface area contributed by atoms with Crippen LogP contribution in [-0.4, -0.2) is 134 Å². The van der Waals surface area contributed by atoms with Crippen molar-refractivity contribution in [2.45, 2.75) is 31.2 Å². The molecule has 2 aliphatic rings. The summed E-state index contributed by atoms with van der Waals surface area (Å²) >= 11 is 1.63. The molecule has 254 valence electrons. The van der Waals surface area contributed by atoms with Gasteiger partial charge in [-0.3, -0.25) is 24.0 Å². The molecular formula is C34H44N10O3S. The summed E-state index contributed by atoms with van der Waals surface area (Å²) in [5, 5.41) is 12.1. The number of benzene rings is 1. The number of piperazine rings is 1. The number of likely N-dealkylation sites (N-methyl/N-ethyl adjacent to an activating group) is 1. The van der Waals surface area contributed by atoms with Crippen LogP contribution >= 0.6 is 11.8 Å². The molecule has 0 aliphatic carbocycles. The first-order chi connectivity index (χ1) is 23.2. The Hall–Kier alpha value is -4.27. The van der Waals surface area contributed by atoms with Crippen LogP contribution < -0.4 is 5.32 Å². The van der Waals surface area contributed by atoms with Gasteiger partial charge in [-0.2, -0.15) is 10.2 Å². The first-order valence-corrected chi connectivity index (χ1v) is 17.7. The molecular weight excluding hydrogens is 629 g/mol. The van der Waals surface area contributed by atoms with E-state index in [0.717, 1.165) is 61.6 Å².